The van der Waals surface area contributed by atoms with Crippen molar-refractivity contribution in [3.8, 4) is 17.6 Å². The number of methoxy groups -OCH3 is 1. The first-order valence-corrected chi connectivity index (χ1v) is 8.80. The first-order valence-electron chi connectivity index (χ1n) is 8.80. The molecule has 1 fully saturated rings. The lowest BCUT2D eigenvalue weighted by Gasteiger charge is -2.15. The molecule has 0 unspecified atom stereocenters. The van der Waals surface area contributed by atoms with Crippen molar-refractivity contribution in [2.24, 2.45) is 5.73 Å². The Kier molecular flexibility index (Phi) is 5.46. The summed E-state index contributed by atoms with van der Waals surface area (Å²) in [7, 11) is 1.49. The highest BCUT2D eigenvalue weighted by molar-refractivity contribution is 6.04. The normalized spacial score (nSPS) is 15.8. The third kappa shape index (κ3) is 3.95. The minimum absolute atomic E-state index is 0.106. The number of carbonyl (C=O) groups excluding carboxylic acids is 2. The van der Waals surface area contributed by atoms with Crippen molar-refractivity contribution in [3.05, 3.63) is 29.5 Å². The van der Waals surface area contributed by atoms with Crippen molar-refractivity contribution in [2.75, 3.05) is 19.0 Å². The van der Waals surface area contributed by atoms with Crippen LogP contribution in [-0.2, 0) is 4.79 Å². The van der Waals surface area contributed by atoms with Crippen molar-refractivity contribution in [1.29, 1.82) is 0 Å². The maximum absolute atomic E-state index is 11.8. The molecular weight excluding hydrogens is 344 g/mol. The Labute approximate surface area is 157 Å². The van der Waals surface area contributed by atoms with Crippen LogP contribution in [0.5, 0.6) is 5.75 Å². The van der Waals surface area contributed by atoms with E-state index in [1.54, 1.807) is 25.3 Å². The van der Waals surface area contributed by atoms with E-state index in [0.717, 1.165) is 23.6 Å². The molecule has 0 aliphatic carbocycles. The summed E-state index contributed by atoms with van der Waals surface area (Å²) in [5.41, 5.74) is 6.50. The summed E-state index contributed by atoms with van der Waals surface area (Å²) in [5, 5.41) is 7.85. The Balaban J connectivity index is 1.94. The van der Waals surface area contributed by atoms with Gasteiger partial charge in [0.2, 0.25) is 5.91 Å². The zero-order valence-corrected chi connectivity index (χ0v) is 15.4. The molecule has 0 saturated carbocycles. The van der Waals surface area contributed by atoms with Crippen molar-refractivity contribution in [1.82, 2.24) is 10.3 Å². The number of hydrogen-bond acceptors (Lipinski definition) is 5. The Morgan fingerprint density at radius 1 is 1.44 bits per heavy atom. The fourth-order valence-corrected chi connectivity index (χ4v) is 3.26. The summed E-state index contributed by atoms with van der Waals surface area (Å²) in [5.74, 6) is 6.47. The minimum Gasteiger partial charge on any atom is -0.496 e. The molecule has 4 N–H and O–H groups in total. The quantitative estimate of drug-likeness (QED) is 0.676. The van der Waals surface area contributed by atoms with Crippen LogP contribution in [-0.4, -0.2) is 36.5 Å². The van der Waals surface area contributed by atoms with E-state index in [9.17, 15) is 9.59 Å². The number of nitrogens with zero attached hydrogens (tertiary/aromatic N) is 1. The number of fused-ring (bicyclic) bond motifs is 1. The van der Waals surface area contributed by atoms with Crippen molar-refractivity contribution < 1.29 is 14.3 Å². The summed E-state index contributed by atoms with van der Waals surface area (Å²) < 4.78 is 5.33. The van der Waals surface area contributed by atoms with E-state index >= 15 is 0 Å². The van der Waals surface area contributed by atoms with Gasteiger partial charge in [-0.25, -0.2) is 4.98 Å². The molecule has 1 aliphatic heterocycles. The second-order valence-electron chi connectivity index (χ2n) is 6.38. The highest BCUT2D eigenvalue weighted by atomic mass is 16.5. The maximum Gasteiger partial charge on any atom is 0.252 e. The van der Waals surface area contributed by atoms with Gasteiger partial charge in [0.15, 0.2) is 0 Å². The highest BCUT2D eigenvalue weighted by Gasteiger charge is 2.20. The predicted molar refractivity (Wildman–Crippen MR) is 104 cm³/mol. The molecule has 7 heteroatoms. The zero-order chi connectivity index (χ0) is 19.4. The van der Waals surface area contributed by atoms with Crippen molar-refractivity contribution >= 4 is 28.4 Å². The van der Waals surface area contributed by atoms with Gasteiger partial charge in [0.1, 0.15) is 11.6 Å². The number of hydrogen-bond donors (Lipinski definition) is 3. The summed E-state index contributed by atoms with van der Waals surface area (Å²) in [6, 6.07) is 3.64. The smallest absolute Gasteiger partial charge is 0.252 e. The van der Waals surface area contributed by atoms with Gasteiger partial charge in [-0.05, 0) is 31.9 Å². The highest BCUT2D eigenvalue weighted by Crippen LogP contribution is 2.31. The van der Waals surface area contributed by atoms with Crippen molar-refractivity contribution in [3.63, 3.8) is 0 Å². The van der Waals surface area contributed by atoms with Crippen LogP contribution in [0.3, 0.4) is 0 Å². The molecule has 1 aromatic heterocycles. The van der Waals surface area contributed by atoms with Gasteiger partial charge in [-0.15, -0.1) is 5.92 Å². The number of primary amides is 1. The van der Waals surface area contributed by atoms with Crippen molar-refractivity contribution in [2.45, 2.75) is 32.2 Å². The third-order valence-corrected chi connectivity index (χ3v) is 4.60. The second-order valence-corrected chi connectivity index (χ2v) is 6.38. The molecular formula is C20H22N4O3. The van der Waals surface area contributed by atoms with Crippen LogP contribution in [0, 0.1) is 11.8 Å². The van der Waals surface area contributed by atoms with Crippen LogP contribution in [0.15, 0.2) is 18.3 Å². The standard InChI is InChI=1S/C20H22N4O3/c1-3-4-12-11-23-20(22-8-7-13-5-6-18(25)24-13)15-10-17(27-2)16(19(21)26)9-14(12)15/h9-11,13H,5-8H2,1-2H3,(H2,21,26)(H,22,23)(H,24,25)/t13-/m0/s1. The molecule has 27 heavy (non-hydrogen) atoms. The van der Waals surface area contributed by atoms with E-state index in [4.69, 9.17) is 10.5 Å². The molecule has 7 nitrogen and oxygen atoms in total. The number of aromatic nitrogens is 1. The van der Waals surface area contributed by atoms with Crippen LogP contribution < -0.4 is 21.1 Å². The van der Waals surface area contributed by atoms with E-state index in [1.165, 1.54) is 7.11 Å². The van der Waals surface area contributed by atoms with E-state index in [-0.39, 0.29) is 11.9 Å². The van der Waals surface area contributed by atoms with E-state index in [1.807, 2.05) is 0 Å². The summed E-state index contributed by atoms with van der Waals surface area (Å²) in [6.45, 7) is 2.40. The van der Waals surface area contributed by atoms with E-state index < -0.39 is 5.91 Å². The minimum atomic E-state index is -0.563. The van der Waals surface area contributed by atoms with Crippen LogP contribution in [0.2, 0.25) is 0 Å². The topological polar surface area (TPSA) is 106 Å². The van der Waals surface area contributed by atoms with Gasteiger partial charge in [0, 0.05) is 36.0 Å². The first kappa shape index (κ1) is 18.5. The van der Waals surface area contributed by atoms with Gasteiger partial charge < -0.3 is 21.1 Å². The van der Waals surface area contributed by atoms with Crippen LogP contribution in [0.25, 0.3) is 10.8 Å². The monoisotopic (exact) mass is 366 g/mol. The van der Waals surface area contributed by atoms with Gasteiger partial charge in [-0.2, -0.15) is 0 Å². The molecule has 0 spiro atoms. The summed E-state index contributed by atoms with van der Waals surface area (Å²) >= 11 is 0. The van der Waals surface area contributed by atoms with Crippen LogP contribution in [0.4, 0.5) is 5.82 Å². The number of rotatable bonds is 6. The largest absolute Gasteiger partial charge is 0.496 e. The zero-order valence-electron chi connectivity index (χ0n) is 15.4. The van der Waals surface area contributed by atoms with Gasteiger partial charge in [-0.1, -0.05) is 5.92 Å². The number of anilines is 1. The number of pyridine rings is 1. The van der Waals surface area contributed by atoms with Crippen LogP contribution >= 0.6 is 0 Å². The maximum atomic E-state index is 11.8. The molecule has 1 saturated heterocycles. The molecule has 0 bridgehead atoms. The molecule has 1 aromatic carbocycles. The molecule has 1 atom stereocenters. The van der Waals surface area contributed by atoms with Gasteiger partial charge in [0.25, 0.3) is 5.91 Å². The Hall–Kier alpha value is -3.27. The molecule has 3 rings (SSSR count). The molecule has 2 heterocycles. The average Bonchev–Trinajstić information content (AvgIpc) is 3.07. The average molecular weight is 366 g/mol. The summed E-state index contributed by atoms with van der Waals surface area (Å²) in [4.78, 5) is 27.6. The fraction of sp³-hybridized carbons (Fsp3) is 0.350. The second kappa shape index (κ2) is 7.96. The Bertz CT molecular complexity index is 959. The molecule has 2 amide bonds. The predicted octanol–water partition coefficient (Wildman–Crippen LogP) is 1.79. The SMILES string of the molecule is CC#Cc1cnc(NCC[C@@H]2CCC(=O)N2)c2cc(OC)c(C(N)=O)cc12. The Morgan fingerprint density at radius 3 is 2.89 bits per heavy atom. The third-order valence-electron chi connectivity index (χ3n) is 4.60. The molecule has 2 aromatic rings. The lowest BCUT2D eigenvalue weighted by atomic mass is 10.0. The number of benzene rings is 1. The summed E-state index contributed by atoms with van der Waals surface area (Å²) in [6.07, 6.45) is 3.93. The number of amides is 2. The lowest BCUT2D eigenvalue weighted by Crippen LogP contribution is -2.27. The van der Waals surface area contributed by atoms with E-state index in [0.29, 0.717) is 35.7 Å². The number of nitrogens with one attached hydrogen (secondary N) is 2. The Morgan fingerprint density at radius 2 is 2.26 bits per heavy atom. The molecule has 1 aliphatic rings. The first-order chi connectivity index (χ1) is 13.0. The number of carbonyl (C=O) groups is 2. The molecule has 140 valence electrons. The van der Waals surface area contributed by atoms with Gasteiger partial charge in [0.05, 0.1) is 18.2 Å². The lowest BCUT2D eigenvalue weighted by molar-refractivity contribution is -0.119. The van der Waals surface area contributed by atoms with Crippen LogP contribution in [0.1, 0.15) is 42.1 Å². The number of nitrogens with two attached hydrogens (primary N) is 1. The fourth-order valence-electron chi connectivity index (χ4n) is 3.26. The van der Waals surface area contributed by atoms with Gasteiger partial charge >= 0.3 is 0 Å². The van der Waals surface area contributed by atoms with Gasteiger partial charge in [-0.3, -0.25) is 9.59 Å². The number of ether oxygens (including phenoxy) is 1. The van der Waals surface area contributed by atoms with E-state index in [2.05, 4.69) is 27.5 Å². The molecule has 0 radical (unpaired) electrons.